The molecular formula is C20H20N6S. The summed E-state index contributed by atoms with van der Waals surface area (Å²) in [6, 6.07) is 12.7. The normalized spacial score (nSPS) is 17.0. The van der Waals surface area contributed by atoms with Gasteiger partial charge in [-0.15, -0.1) is 0 Å². The zero-order chi connectivity index (χ0) is 18.6. The van der Waals surface area contributed by atoms with Crippen LogP contribution in [0.3, 0.4) is 0 Å². The lowest BCUT2D eigenvalue weighted by Gasteiger charge is -2.24. The Balaban J connectivity index is 1.49. The van der Waals surface area contributed by atoms with Crippen molar-refractivity contribution in [1.82, 2.24) is 19.9 Å². The SMILES string of the molecule is Cc1ccc(CN2CCC[C@H]2c2cccc(Nc3ncc(C#N)s3)n2)cn1. The molecule has 6 nitrogen and oxygen atoms in total. The van der Waals surface area contributed by atoms with E-state index in [-0.39, 0.29) is 0 Å². The van der Waals surface area contributed by atoms with Crippen LogP contribution < -0.4 is 5.32 Å². The van der Waals surface area contributed by atoms with Gasteiger partial charge < -0.3 is 5.32 Å². The smallest absolute Gasteiger partial charge is 0.189 e. The fourth-order valence-corrected chi connectivity index (χ4v) is 4.00. The Morgan fingerprint density at radius 1 is 1.26 bits per heavy atom. The second kappa shape index (κ2) is 7.82. The molecule has 1 aliphatic heterocycles. The second-order valence-electron chi connectivity index (χ2n) is 6.65. The van der Waals surface area contributed by atoms with Crippen molar-refractivity contribution < 1.29 is 0 Å². The molecule has 0 amide bonds. The number of nitrogens with zero attached hydrogens (tertiary/aromatic N) is 5. The first-order valence-electron chi connectivity index (χ1n) is 8.97. The number of rotatable bonds is 5. The maximum Gasteiger partial charge on any atom is 0.189 e. The third-order valence-electron chi connectivity index (χ3n) is 4.68. The van der Waals surface area contributed by atoms with Crippen LogP contribution in [0.4, 0.5) is 10.9 Å². The van der Waals surface area contributed by atoms with E-state index in [4.69, 9.17) is 10.2 Å². The van der Waals surface area contributed by atoms with Gasteiger partial charge in [-0.3, -0.25) is 9.88 Å². The summed E-state index contributed by atoms with van der Waals surface area (Å²) in [6.07, 6.45) is 5.81. The van der Waals surface area contributed by atoms with Gasteiger partial charge in [0.2, 0.25) is 0 Å². The van der Waals surface area contributed by atoms with Crippen molar-refractivity contribution in [2.75, 3.05) is 11.9 Å². The van der Waals surface area contributed by atoms with Gasteiger partial charge in [0.25, 0.3) is 0 Å². The molecule has 4 heterocycles. The second-order valence-corrected chi connectivity index (χ2v) is 7.68. The minimum absolute atomic E-state index is 0.305. The molecule has 7 heteroatoms. The molecule has 1 aliphatic rings. The Hall–Kier alpha value is -2.82. The van der Waals surface area contributed by atoms with E-state index in [1.807, 2.05) is 25.3 Å². The van der Waals surface area contributed by atoms with Gasteiger partial charge in [0, 0.05) is 18.4 Å². The first-order valence-corrected chi connectivity index (χ1v) is 9.78. The van der Waals surface area contributed by atoms with E-state index in [9.17, 15) is 0 Å². The molecule has 1 atom stereocenters. The topological polar surface area (TPSA) is 77.7 Å². The Labute approximate surface area is 162 Å². The fourth-order valence-electron chi connectivity index (χ4n) is 3.38. The highest BCUT2D eigenvalue weighted by atomic mass is 32.1. The third-order valence-corrected chi connectivity index (χ3v) is 5.50. The Morgan fingerprint density at radius 2 is 2.19 bits per heavy atom. The lowest BCUT2D eigenvalue weighted by molar-refractivity contribution is 0.244. The van der Waals surface area contributed by atoms with Gasteiger partial charge >= 0.3 is 0 Å². The van der Waals surface area contributed by atoms with Gasteiger partial charge in [-0.1, -0.05) is 23.5 Å². The summed E-state index contributed by atoms with van der Waals surface area (Å²) in [6.45, 7) is 3.96. The Morgan fingerprint density at radius 3 is 2.96 bits per heavy atom. The zero-order valence-corrected chi connectivity index (χ0v) is 15.9. The van der Waals surface area contributed by atoms with Crippen LogP contribution in [0.2, 0.25) is 0 Å². The van der Waals surface area contributed by atoms with E-state index in [1.165, 1.54) is 23.3 Å². The highest BCUT2D eigenvalue weighted by Gasteiger charge is 2.27. The molecule has 0 aromatic carbocycles. The molecule has 1 N–H and O–H groups in total. The van der Waals surface area contributed by atoms with Gasteiger partial charge in [-0.2, -0.15) is 5.26 Å². The number of nitriles is 1. The number of nitrogens with one attached hydrogen (secondary N) is 1. The number of hydrogen-bond acceptors (Lipinski definition) is 7. The molecule has 3 aromatic rings. The van der Waals surface area contributed by atoms with Crippen molar-refractivity contribution in [3.63, 3.8) is 0 Å². The molecule has 4 rings (SSSR count). The van der Waals surface area contributed by atoms with Crippen molar-refractivity contribution in [2.24, 2.45) is 0 Å². The van der Waals surface area contributed by atoms with Crippen molar-refractivity contribution in [1.29, 1.82) is 5.26 Å². The van der Waals surface area contributed by atoms with Gasteiger partial charge in [-0.25, -0.2) is 9.97 Å². The number of aromatic nitrogens is 3. The molecule has 0 saturated carbocycles. The first kappa shape index (κ1) is 17.6. The van der Waals surface area contributed by atoms with Crippen LogP contribution in [0.5, 0.6) is 0 Å². The predicted molar refractivity (Wildman–Crippen MR) is 106 cm³/mol. The zero-order valence-electron chi connectivity index (χ0n) is 15.1. The summed E-state index contributed by atoms with van der Waals surface area (Å²) < 4.78 is 0. The molecule has 0 bridgehead atoms. The molecule has 0 spiro atoms. The summed E-state index contributed by atoms with van der Waals surface area (Å²) in [5.41, 5.74) is 3.34. The Bertz CT molecular complexity index is 959. The van der Waals surface area contributed by atoms with Gasteiger partial charge in [0.05, 0.1) is 17.9 Å². The minimum atomic E-state index is 0.305. The van der Waals surface area contributed by atoms with Crippen LogP contribution in [0, 0.1) is 18.3 Å². The Kier molecular flexibility index (Phi) is 5.10. The molecule has 136 valence electrons. The van der Waals surface area contributed by atoms with Crippen LogP contribution in [-0.4, -0.2) is 26.4 Å². The van der Waals surface area contributed by atoms with E-state index < -0.39 is 0 Å². The van der Waals surface area contributed by atoms with E-state index in [1.54, 1.807) is 6.20 Å². The summed E-state index contributed by atoms with van der Waals surface area (Å²) >= 11 is 1.33. The number of thiazole rings is 1. The minimum Gasteiger partial charge on any atom is -0.316 e. The number of anilines is 2. The maximum atomic E-state index is 8.94. The predicted octanol–water partition coefficient (Wildman–Crippen LogP) is 4.19. The number of aryl methyl sites for hydroxylation is 1. The number of pyridine rings is 2. The molecule has 0 radical (unpaired) electrons. The summed E-state index contributed by atoms with van der Waals surface area (Å²) in [5.74, 6) is 0.759. The maximum absolute atomic E-state index is 8.94. The van der Waals surface area contributed by atoms with E-state index in [2.05, 4.69) is 44.5 Å². The lowest BCUT2D eigenvalue weighted by Crippen LogP contribution is -2.23. The average molecular weight is 376 g/mol. The van der Waals surface area contributed by atoms with Crippen molar-refractivity contribution in [2.45, 2.75) is 32.4 Å². The van der Waals surface area contributed by atoms with Crippen molar-refractivity contribution in [3.8, 4) is 6.07 Å². The molecule has 0 unspecified atom stereocenters. The van der Waals surface area contributed by atoms with Crippen LogP contribution in [0.15, 0.2) is 42.7 Å². The standard InChI is InChI=1S/C20H20N6S/c1-14-7-8-15(11-22-14)13-26-9-3-5-18(26)17-4-2-6-19(24-17)25-20-23-12-16(10-21)27-20/h2,4,6-8,11-12,18H,3,5,9,13H2,1H3,(H,23,24,25)/t18-/m0/s1. The van der Waals surface area contributed by atoms with Gasteiger partial charge in [-0.05, 0) is 50.1 Å². The van der Waals surface area contributed by atoms with E-state index >= 15 is 0 Å². The van der Waals surface area contributed by atoms with E-state index in [0.717, 1.165) is 36.7 Å². The third kappa shape index (κ3) is 4.13. The quantitative estimate of drug-likeness (QED) is 0.719. The van der Waals surface area contributed by atoms with Gasteiger partial charge in [0.15, 0.2) is 5.13 Å². The van der Waals surface area contributed by atoms with Crippen LogP contribution >= 0.6 is 11.3 Å². The van der Waals surface area contributed by atoms with Gasteiger partial charge in [0.1, 0.15) is 16.8 Å². The number of hydrogen-bond donors (Lipinski definition) is 1. The first-order chi connectivity index (χ1) is 13.2. The molecule has 1 fully saturated rings. The molecule has 3 aromatic heterocycles. The summed E-state index contributed by atoms with van der Waals surface area (Å²) in [7, 11) is 0. The van der Waals surface area contributed by atoms with Crippen LogP contribution in [0.25, 0.3) is 0 Å². The van der Waals surface area contributed by atoms with Crippen molar-refractivity contribution in [3.05, 3.63) is 64.6 Å². The molecule has 0 aliphatic carbocycles. The highest BCUT2D eigenvalue weighted by molar-refractivity contribution is 7.16. The fraction of sp³-hybridized carbons (Fsp3) is 0.300. The van der Waals surface area contributed by atoms with Crippen molar-refractivity contribution >= 4 is 22.3 Å². The van der Waals surface area contributed by atoms with E-state index in [0.29, 0.717) is 16.1 Å². The van der Waals surface area contributed by atoms with Crippen LogP contribution in [0.1, 0.15) is 40.7 Å². The molecule has 27 heavy (non-hydrogen) atoms. The number of likely N-dealkylation sites (tertiary alicyclic amines) is 1. The largest absolute Gasteiger partial charge is 0.316 e. The molecule has 1 saturated heterocycles. The highest BCUT2D eigenvalue weighted by Crippen LogP contribution is 2.33. The monoisotopic (exact) mass is 376 g/mol. The average Bonchev–Trinajstić information content (AvgIpc) is 3.33. The lowest BCUT2D eigenvalue weighted by atomic mass is 10.1. The summed E-state index contributed by atoms with van der Waals surface area (Å²) in [4.78, 5) is 16.5. The van der Waals surface area contributed by atoms with Crippen LogP contribution in [-0.2, 0) is 6.54 Å². The molecular weight excluding hydrogens is 356 g/mol. The summed E-state index contributed by atoms with van der Waals surface area (Å²) in [5, 5.41) is 12.8.